The number of unbranched alkanes of at least 4 members (excludes halogenated alkanes) is 1. The summed E-state index contributed by atoms with van der Waals surface area (Å²) in [6.07, 6.45) is 1.71. The van der Waals surface area contributed by atoms with Crippen molar-refractivity contribution in [1.29, 1.82) is 0 Å². The summed E-state index contributed by atoms with van der Waals surface area (Å²) in [6.45, 7) is 11.2. The molecule has 0 aliphatic heterocycles. The molecule has 30 heavy (non-hydrogen) atoms. The van der Waals surface area contributed by atoms with Gasteiger partial charge in [-0.15, -0.1) is 0 Å². The summed E-state index contributed by atoms with van der Waals surface area (Å²) in [5, 5.41) is 9.97. The SMILES string of the molecule is CCCCOC(=O)c1c(OC)cc(OC(=O)c2c(C)cc(O)c(C)c2C)c(C)c1C. The first-order chi connectivity index (χ1) is 14.1. The summed E-state index contributed by atoms with van der Waals surface area (Å²) >= 11 is 0. The highest BCUT2D eigenvalue weighted by Gasteiger charge is 2.24. The van der Waals surface area contributed by atoms with E-state index in [1.54, 1.807) is 40.7 Å². The minimum Gasteiger partial charge on any atom is -0.508 e. The van der Waals surface area contributed by atoms with E-state index in [9.17, 15) is 14.7 Å². The van der Waals surface area contributed by atoms with Crippen LogP contribution >= 0.6 is 0 Å². The lowest BCUT2D eigenvalue weighted by molar-refractivity contribution is 0.0495. The Morgan fingerprint density at radius 2 is 1.50 bits per heavy atom. The lowest BCUT2D eigenvalue weighted by atomic mass is 9.97. The fraction of sp³-hybridized carbons (Fsp3) is 0.417. The van der Waals surface area contributed by atoms with E-state index in [1.807, 2.05) is 6.92 Å². The number of aromatic hydroxyl groups is 1. The Balaban J connectivity index is 2.43. The zero-order valence-corrected chi connectivity index (χ0v) is 18.8. The third-order valence-corrected chi connectivity index (χ3v) is 5.45. The number of aryl methyl sites for hydroxylation is 1. The summed E-state index contributed by atoms with van der Waals surface area (Å²) in [7, 11) is 1.45. The average Bonchev–Trinajstić information content (AvgIpc) is 2.69. The van der Waals surface area contributed by atoms with Crippen molar-refractivity contribution < 1.29 is 28.9 Å². The van der Waals surface area contributed by atoms with E-state index in [4.69, 9.17) is 14.2 Å². The maximum Gasteiger partial charge on any atom is 0.344 e. The van der Waals surface area contributed by atoms with Gasteiger partial charge in [0.15, 0.2) is 0 Å². The number of benzene rings is 2. The number of carbonyl (C=O) groups excluding carboxylic acids is 2. The lowest BCUT2D eigenvalue weighted by Crippen LogP contribution is -2.16. The number of methoxy groups -OCH3 is 1. The van der Waals surface area contributed by atoms with Crippen molar-refractivity contribution in [3.05, 3.63) is 51.1 Å². The molecule has 0 bridgehead atoms. The van der Waals surface area contributed by atoms with Crippen LogP contribution in [-0.4, -0.2) is 30.8 Å². The molecule has 6 heteroatoms. The molecule has 162 valence electrons. The van der Waals surface area contributed by atoms with Gasteiger partial charge in [-0.2, -0.15) is 0 Å². The number of esters is 2. The average molecular weight is 414 g/mol. The van der Waals surface area contributed by atoms with Gasteiger partial charge in [0.25, 0.3) is 0 Å². The predicted molar refractivity (Wildman–Crippen MR) is 115 cm³/mol. The van der Waals surface area contributed by atoms with Gasteiger partial charge in [-0.1, -0.05) is 13.3 Å². The third kappa shape index (κ3) is 4.58. The first kappa shape index (κ1) is 23.3. The number of carbonyl (C=O) groups is 2. The van der Waals surface area contributed by atoms with Crippen LogP contribution in [0.1, 0.15) is 68.3 Å². The highest BCUT2D eigenvalue weighted by Crippen LogP contribution is 2.35. The molecule has 0 atom stereocenters. The van der Waals surface area contributed by atoms with E-state index < -0.39 is 11.9 Å². The second-order valence-electron chi connectivity index (χ2n) is 7.42. The number of phenols is 1. The van der Waals surface area contributed by atoms with Crippen molar-refractivity contribution in [2.24, 2.45) is 0 Å². The number of phenolic OH excluding ortho intramolecular Hbond substituents is 1. The fourth-order valence-electron chi connectivity index (χ4n) is 3.28. The summed E-state index contributed by atoms with van der Waals surface area (Å²) in [5.41, 5.74) is 3.94. The predicted octanol–water partition coefficient (Wildman–Crippen LogP) is 5.12. The Kier molecular flexibility index (Phi) is 7.48. The van der Waals surface area contributed by atoms with Gasteiger partial charge in [-0.25, -0.2) is 9.59 Å². The van der Waals surface area contributed by atoms with E-state index in [2.05, 4.69) is 0 Å². The zero-order chi connectivity index (χ0) is 22.6. The van der Waals surface area contributed by atoms with Gasteiger partial charge in [0, 0.05) is 6.07 Å². The third-order valence-electron chi connectivity index (χ3n) is 5.45. The Bertz CT molecular complexity index is 975. The second kappa shape index (κ2) is 9.65. The minimum atomic E-state index is -0.532. The molecule has 0 saturated carbocycles. The second-order valence-corrected chi connectivity index (χ2v) is 7.42. The quantitative estimate of drug-likeness (QED) is 0.385. The summed E-state index contributed by atoms with van der Waals surface area (Å²) in [4.78, 5) is 25.5. The standard InChI is InChI=1S/C24H30O6/c1-8-9-10-29-23(26)22-17(6)15(4)19(12-20(22)28-7)30-24(27)21-13(2)11-18(25)14(3)16(21)5/h11-12,25H,8-10H2,1-7H3. The minimum absolute atomic E-state index is 0.140. The van der Waals surface area contributed by atoms with Crippen molar-refractivity contribution in [1.82, 2.24) is 0 Å². The van der Waals surface area contributed by atoms with Crippen LogP contribution in [0.25, 0.3) is 0 Å². The Morgan fingerprint density at radius 3 is 2.10 bits per heavy atom. The summed E-state index contributed by atoms with van der Waals surface area (Å²) in [6, 6.07) is 3.08. The molecule has 0 saturated heterocycles. The molecule has 2 aromatic carbocycles. The van der Waals surface area contributed by atoms with Crippen LogP contribution in [0.15, 0.2) is 12.1 Å². The molecule has 2 rings (SSSR count). The molecule has 0 unspecified atom stereocenters. The molecule has 0 amide bonds. The number of hydrogen-bond donors (Lipinski definition) is 1. The van der Waals surface area contributed by atoms with E-state index in [0.29, 0.717) is 51.3 Å². The van der Waals surface area contributed by atoms with Crippen molar-refractivity contribution >= 4 is 11.9 Å². The van der Waals surface area contributed by atoms with Gasteiger partial charge >= 0.3 is 11.9 Å². The van der Waals surface area contributed by atoms with Crippen molar-refractivity contribution in [3.8, 4) is 17.2 Å². The van der Waals surface area contributed by atoms with E-state index in [0.717, 1.165) is 12.8 Å². The topological polar surface area (TPSA) is 82.1 Å². The van der Waals surface area contributed by atoms with Gasteiger partial charge in [-0.3, -0.25) is 0 Å². The zero-order valence-electron chi connectivity index (χ0n) is 18.8. The number of ether oxygens (including phenoxy) is 3. The Labute approximate surface area is 177 Å². The maximum absolute atomic E-state index is 12.9. The molecule has 0 fully saturated rings. The van der Waals surface area contributed by atoms with Crippen LogP contribution in [-0.2, 0) is 4.74 Å². The van der Waals surface area contributed by atoms with Gasteiger partial charge in [0.1, 0.15) is 22.8 Å². The first-order valence-corrected chi connectivity index (χ1v) is 10.0. The molecule has 0 spiro atoms. The summed E-state index contributed by atoms with van der Waals surface area (Å²) in [5.74, 6) is -0.251. The van der Waals surface area contributed by atoms with Crippen LogP contribution in [0.5, 0.6) is 17.2 Å². The van der Waals surface area contributed by atoms with Crippen molar-refractivity contribution in [3.63, 3.8) is 0 Å². The van der Waals surface area contributed by atoms with E-state index >= 15 is 0 Å². The van der Waals surface area contributed by atoms with Crippen LogP contribution in [0.2, 0.25) is 0 Å². The molecule has 2 aromatic rings. The van der Waals surface area contributed by atoms with Crippen molar-refractivity contribution in [2.45, 2.75) is 54.4 Å². The first-order valence-electron chi connectivity index (χ1n) is 10.0. The Morgan fingerprint density at radius 1 is 0.867 bits per heavy atom. The van der Waals surface area contributed by atoms with Crippen LogP contribution < -0.4 is 9.47 Å². The largest absolute Gasteiger partial charge is 0.508 e. The van der Waals surface area contributed by atoms with Gasteiger partial charge in [0.2, 0.25) is 0 Å². The number of hydrogen-bond acceptors (Lipinski definition) is 6. The fourth-order valence-corrected chi connectivity index (χ4v) is 3.28. The van der Waals surface area contributed by atoms with Gasteiger partial charge < -0.3 is 19.3 Å². The van der Waals surface area contributed by atoms with Crippen molar-refractivity contribution in [2.75, 3.05) is 13.7 Å². The molecule has 1 N–H and O–H groups in total. The van der Waals surface area contributed by atoms with E-state index in [1.165, 1.54) is 13.2 Å². The van der Waals surface area contributed by atoms with E-state index in [-0.39, 0.29) is 11.5 Å². The maximum atomic E-state index is 12.9. The normalized spacial score (nSPS) is 10.6. The molecule has 0 aliphatic carbocycles. The van der Waals surface area contributed by atoms with Gasteiger partial charge in [-0.05, 0) is 74.9 Å². The molecular weight excluding hydrogens is 384 g/mol. The smallest absolute Gasteiger partial charge is 0.344 e. The number of rotatable bonds is 7. The monoisotopic (exact) mass is 414 g/mol. The molecule has 0 radical (unpaired) electrons. The molecule has 0 heterocycles. The highest BCUT2D eigenvalue weighted by molar-refractivity contribution is 5.97. The summed E-state index contributed by atoms with van der Waals surface area (Å²) < 4.78 is 16.4. The van der Waals surface area contributed by atoms with Crippen LogP contribution in [0, 0.1) is 34.6 Å². The lowest BCUT2D eigenvalue weighted by Gasteiger charge is -2.18. The molecular formula is C24H30O6. The molecule has 0 aromatic heterocycles. The van der Waals surface area contributed by atoms with Crippen LogP contribution in [0.3, 0.4) is 0 Å². The Hall–Kier alpha value is -3.02. The molecule has 6 nitrogen and oxygen atoms in total. The van der Waals surface area contributed by atoms with Crippen LogP contribution in [0.4, 0.5) is 0 Å². The molecule has 0 aliphatic rings. The van der Waals surface area contributed by atoms with Gasteiger partial charge in [0.05, 0.1) is 19.3 Å². The highest BCUT2D eigenvalue weighted by atomic mass is 16.5.